The Bertz CT molecular complexity index is 799. The van der Waals surface area contributed by atoms with Crippen molar-refractivity contribution < 1.29 is 9.72 Å². The molecule has 9 heteroatoms. The lowest BCUT2D eigenvalue weighted by Crippen LogP contribution is -2.34. The summed E-state index contributed by atoms with van der Waals surface area (Å²) < 4.78 is 1.11. The molecular formula is C14H9Br2N3O3S. The molecule has 0 aromatic heterocycles. The van der Waals surface area contributed by atoms with Crippen molar-refractivity contribution in [3.05, 3.63) is 67.1 Å². The molecule has 0 unspecified atom stereocenters. The van der Waals surface area contributed by atoms with Gasteiger partial charge in [0, 0.05) is 21.1 Å². The first kappa shape index (κ1) is 17.5. The van der Waals surface area contributed by atoms with Gasteiger partial charge >= 0.3 is 0 Å². The molecule has 6 nitrogen and oxygen atoms in total. The second kappa shape index (κ2) is 7.62. The van der Waals surface area contributed by atoms with Crippen LogP contribution in [0.3, 0.4) is 0 Å². The van der Waals surface area contributed by atoms with Gasteiger partial charge in [0.15, 0.2) is 5.11 Å². The number of amides is 1. The van der Waals surface area contributed by atoms with Gasteiger partial charge in [-0.3, -0.25) is 20.2 Å². The smallest absolute Gasteiger partial charge is 0.270 e. The molecule has 0 spiro atoms. The van der Waals surface area contributed by atoms with Crippen LogP contribution in [0.4, 0.5) is 11.4 Å². The summed E-state index contributed by atoms with van der Waals surface area (Å²) >= 11 is 11.6. The van der Waals surface area contributed by atoms with Crippen molar-refractivity contribution in [3.8, 4) is 0 Å². The number of benzene rings is 2. The zero-order valence-electron chi connectivity index (χ0n) is 11.4. The fourth-order valence-corrected chi connectivity index (χ4v) is 2.82. The number of carbonyl (C=O) groups is 1. The maximum Gasteiger partial charge on any atom is 0.270 e. The van der Waals surface area contributed by atoms with E-state index in [-0.39, 0.29) is 16.7 Å². The minimum atomic E-state index is -0.498. The Morgan fingerprint density at radius 2 is 1.83 bits per heavy atom. The predicted molar refractivity (Wildman–Crippen MR) is 98.6 cm³/mol. The van der Waals surface area contributed by atoms with Crippen LogP contribution in [0.1, 0.15) is 10.4 Å². The van der Waals surface area contributed by atoms with Gasteiger partial charge in [-0.15, -0.1) is 0 Å². The van der Waals surface area contributed by atoms with Crippen LogP contribution in [0.15, 0.2) is 51.4 Å². The number of hydrogen-bond acceptors (Lipinski definition) is 4. The van der Waals surface area contributed by atoms with Crippen LogP contribution in [0.25, 0.3) is 0 Å². The fourth-order valence-electron chi connectivity index (χ4n) is 1.69. The van der Waals surface area contributed by atoms with Crippen molar-refractivity contribution in [3.63, 3.8) is 0 Å². The number of nitrogens with one attached hydrogen (secondary N) is 2. The number of non-ortho nitro benzene ring substituents is 1. The van der Waals surface area contributed by atoms with Gasteiger partial charge in [0.1, 0.15) is 0 Å². The molecule has 0 bridgehead atoms. The molecule has 0 aliphatic carbocycles. The first-order valence-corrected chi connectivity index (χ1v) is 8.18. The molecule has 118 valence electrons. The van der Waals surface area contributed by atoms with Crippen LogP contribution in [0, 0.1) is 10.1 Å². The number of rotatable bonds is 3. The van der Waals surface area contributed by atoms with Gasteiger partial charge in [0.25, 0.3) is 11.6 Å². The summed E-state index contributed by atoms with van der Waals surface area (Å²) in [6.45, 7) is 0. The van der Waals surface area contributed by atoms with Gasteiger partial charge in [-0.25, -0.2) is 0 Å². The number of nitro benzene ring substituents is 1. The monoisotopic (exact) mass is 457 g/mol. The highest BCUT2D eigenvalue weighted by Crippen LogP contribution is 2.27. The molecule has 2 rings (SSSR count). The normalized spacial score (nSPS) is 10.0. The number of nitro groups is 1. The van der Waals surface area contributed by atoms with E-state index in [0.717, 1.165) is 0 Å². The Balaban J connectivity index is 2.07. The zero-order chi connectivity index (χ0) is 17.0. The van der Waals surface area contributed by atoms with Crippen molar-refractivity contribution in [2.24, 2.45) is 0 Å². The number of nitrogens with zero attached hydrogens (tertiary/aromatic N) is 1. The number of hydrogen-bond donors (Lipinski definition) is 2. The molecule has 2 N–H and O–H groups in total. The van der Waals surface area contributed by atoms with Gasteiger partial charge in [-0.2, -0.15) is 0 Å². The Hall–Kier alpha value is -1.84. The van der Waals surface area contributed by atoms with Crippen LogP contribution in [0.5, 0.6) is 0 Å². The zero-order valence-corrected chi connectivity index (χ0v) is 15.4. The van der Waals surface area contributed by atoms with E-state index in [9.17, 15) is 14.9 Å². The minimum Gasteiger partial charge on any atom is -0.331 e. The van der Waals surface area contributed by atoms with Gasteiger partial charge in [0.05, 0.1) is 16.2 Å². The predicted octanol–water partition coefficient (Wildman–Crippen LogP) is 4.25. The van der Waals surface area contributed by atoms with Crippen molar-refractivity contribution in [2.45, 2.75) is 0 Å². The molecule has 23 heavy (non-hydrogen) atoms. The van der Waals surface area contributed by atoms with Gasteiger partial charge < -0.3 is 5.32 Å². The third-order valence-corrected chi connectivity index (χ3v) is 4.31. The maximum absolute atomic E-state index is 12.1. The summed E-state index contributed by atoms with van der Waals surface area (Å²) in [5, 5.41) is 16.1. The summed E-state index contributed by atoms with van der Waals surface area (Å²) in [5.74, 6) is -0.368. The largest absolute Gasteiger partial charge is 0.331 e. The Labute approximate surface area is 153 Å². The molecule has 1 amide bonds. The Kier molecular flexibility index (Phi) is 5.80. The van der Waals surface area contributed by atoms with E-state index in [2.05, 4.69) is 42.5 Å². The number of carbonyl (C=O) groups excluding carboxylic acids is 1. The molecule has 0 radical (unpaired) electrons. The topological polar surface area (TPSA) is 84.3 Å². The van der Waals surface area contributed by atoms with E-state index in [4.69, 9.17) is 12.2 Å². The molecule has 0 saturated heterocycles. The highest BCUT2D eigenvalue weighted by atomic mass is 79.9. The lowest BCUT2D eigenvalue weighted by atomic mass is 10.2. The summed E-state index contributed by atoms with van der Waals surface area (Å²) in [5.41, 5.74) is 0.901. The third kappa shape index (κ3) is 4.57. The molecule has 0 fully saturated rings. The Morgan fingerprint density at radius 1 is 1.13 bits per heavy atom. The van der Waals surface area contributed by atoms with Crippen LogP contribution in [0.2, 0.25) is 0 Å². The standard InChI is InChI=1S/C14H9Br2N3O3S/c15-10-4-2-1-3-9(10)13(20)18-14(23)17-12-6-5-8(19(21)22)7-11(12)16/h1-7H,(H2,17,18,20,23). The molecule has 2 aromatic rings. The summed E-state index contributed by atoms with van der Waals surface area (Å²) in [6, 6.07) is 11.1. The van der Waals surface area contributed by atoms with Crippen molar-refractivity contribution in [2.75, 3.05) is 5.32 Å². The molecule has 0 heterocycles. The molecule has 2 aromatic carbocycles. The Morgan fingerprint density at radius 3 is 2.43 bits per heavy atom. The summed E-state index contributed by atoms with van der Waals surface area (Å²) in [4.78, 5) is 22.3. The molecule has 0 saturated carbocycles. The minimum absolute atomic E-state index is 0.0504. The quantitative estimate of drug-likeness (QED) is 0.408. The second-order valence-electron chi connectivity index (χ2n) is 4.31. The summed E-state index contributed by atoms with van der Waals surface area (Å²) in [6.07, 6.45) is 0. The second-order valence-corrected chi connectivity index (χ2v) is 6.43. The SMILES string of the molecule is O=C(NC(=S)Nc1ccc([N+](=O)[O-])cc1Br)c1ccccc1Br. The molecule has 0 aliphatic rings. The van der Waals surface area contributed by atoms with E-state index in [1.165, 1.54) is 18.2 Å². The lowest BCUT2D eigenvalue weighted by molar-refractivity contribution is -0.384. The van der Waals surface area contributed by atoms with Crippen LogP contribution in [-0.4, -0.2) is 15.9 Å². The summed E-state index contributed by atoms with van der Waals surface area (Å²) in [7, 11) is 0. The van der Waals surface area contributed by atoms with E-state index < -0.39 is 4.92 Å². The van der Waals surface area contributed by atoms with Crippen molar-refractivity contribution in [1.82, 2.24) is 5.32 Å². The first-order valence-electron chi connectivity index (χ1n) is 6.19. The maximum atomic E-state index is 12.1. The third-order valence-electron chi connectivity index (χ3n) is 2.76. The van der Waals surface area contributed by atoms with Crippen LogP contribution >= 0.6 is 44.1 Å². The van der Waals surface area contributed by atoms with Crippen LogP contribution < -0.4 is 10.6 Å². The number of thiocarbonyl (C=S) groups is 1. The van der Waals surface area contributed by atoms with Crippen LogP contribution in [-0.2, 0) is 0 Å². The highest BCUT2D eigenvalue weighted by molar-refractivity contribution is 9.11. The lowest BCUT2D eigenvalue weighted by Gasteiger charge is -2.11. The number of anilines is 1. The average Bonchev–Trinajstić information content (AvgIpc) is 2.49. The highest BCUT2D eigenvalue weighted by Gasteiger charge is 2.13. The van der Waals surface area contributed by atoms with E-state index in [0.29, 0.717) is 20.2 Å². The van der Waals surface area contributed by atoms with E-state index in [1.807, 2.05) is 0 Å². The van der Waals surface area contributed by atoms with Gasteiger partial charge in [-0.05, 0) is 62.3 Å². The van der Waals surface area contributed by atoms with Crippen molar-refractivity contribution in [1.29, 1.82) is 0 Å². The van der Waals surface area contributed by atoms with E-state index >= 15 is 0 Å². The van der Waals surface area contributed by atoms with Gasteiger partial charge in [-0.1, -0.05) is 12.1 Å². The molecular weight excluding hydrogens is 450 g/mol. The fraction of sp³-hybridized carbons (Fsp3) is 0. The van der Waals surface area contributed by atoms with Crippen molar-refractivity contribution >= 4 is 66.5 Å². The van der Waals surface area contributed by atoms with E-state index in [1.54, 1.807) is 24.3 Å². The molecule has 0 atom stereocenters. The number of halogens is 2. The van der Waals surface area contributed by atoms with Gasteiger partial charge in [0.2, 0.25) is 0 Å². The first-order chi connectivity index (χ1) is 10.9. The average molecular weight is 459 g/mol. The molecule has 0 aliphatic heterocycles.